The van der Waals surface area contributed by atoms with Crippen molar-refractivity contribution in [2.45, 2.75) is 39.7 Å². The fourth-order valence-electron chi connectivity index (χ4n) is 2.89. The predicted molar refractivity (Wildman–Crippen MR) is 110 cm³/mol. The highest BCUT2D eigenvalue weighted by Gasteiger charge is 2.18. The van der Waals surface area contributed by atoms with Gasteiger partial charge in [0.05, 0.1) is 18.0 Å². The first-order valence-corrected chi connectivity index (χ1v) is 10.9. The molecule has 1 N–H and O–H groups in total. The second kappa shape index (κ2) is 9.04. The largest absolute Gasteiger partial charge is 0.350 e. The van der Waals surface area contributed by atoms with E-state index in [0.29, 0.717) is 12.1 Å². The first kappa shape index (κ1) is 21.0. The highest BCUT2D eigenvalue weighted by atomic mass is 32.2. The van der Waals surface area contributed by atoms with Gasteiger partial charge < -0.3 is 5.32 Å². The lowest BCUT2D eigenvalue weighted by molar-refractivity contribution is -0.121. The van der Waals surface area contributed by atoms with Crippen LogP contribution in [0.1, 0.15) is 42.5 Å². The van der Waals surface area contributed by atoms with Crippen LogP contribution in [0.4, 0.5) is 5.69 Å². The third-order valence-corrected chi connectivity index (χ3v) is 5.81. The quantitative estimate of drug-likeness (QED) is 0.749. The zero-order valence-electron chi connectivity index (χ0n) is 16.4. The van der Waals surface area contributed by atoms with Crippen molar-refractivity contribution in [2.75, 3.05) is 17.1 Å². The Kier molecular flexibility index (Phi) is 7.02. The van der Waals surface area contributed by atoms with Gasteiger partial charge in [0.15, 0.2) is 0 Å². The summed E-state index contributed by atoms with van der Waals surface area (Å²) < 4.78 is 25.8. The maximum atomic E-state index is 12.2. The molecule has 2 aromatic carbocycles. The first-order valence-electron chi connectivity index (χ1n) is 9.08. The molecule has 0 aromatic heterocycles. The Labute approximate surface area is 162 Å². The van der Waals surface area contributed by atoms with Gasteiger partial charge in [0, 0.05) is 13.0 Å². The summed E-state index contributed by atoms with van der Waals surface area (Å²) in [4.78, 5) is 12.2. The maximum Gasteiger partial charge on any atom is 0.232 e. The van der Waals surface area contributed by atoms with Crippen LogP contribution in [-0.2, 0) is 14.8 Å². The fourth-order valence-corrected chi connectivity index (χ4v) is 3.85. The van der Waals surface area contributed by atoms with E-state index in [1.165, 1.54) is 10.6 Å². The summed E-state index contributed by atoms with van der Waals surface area (Å²) in [5.74, 6) is -0.0834. The third kappa shape index (κ3) is 6.10. The molecule has 0 aliphatic rings. The van der Waals surface area contributed by atoms with Gasteiger partial charge in [-0.2, -0.15) is 0 Å². The van der Waals surface area contributed by atoms with Crippen molar-refractivity contribution in [3.63, 3.8) is 0 Å². The van der Waals surface area contributed by atoms with Gasteiger partial charge in [-0.05, 0) is 56.0 Å². The molecular weight excluding hydrogens is 360 g/mol. The minimum Gasteiger partial charge on any atom is -0.350 e. The van der Waals surface area contributed by atoms with Gasteiger partial charge in [-0.1, -0.05) is 36.4 Å². The van der Waals surface area contributed by atoms with Gasteiger partial charge in [-0.15, -0.1) is 0 Å². The fraction of sp³-hybridized carbons (Fsp3) is 0.381. The molecule has 0 heterocycles. The van der Waals surface area contributed by atoms with Crippen LogP contribution in [0.5, 0.6) is 0 Å². The number of hydrogen-bond acceptors (Lipinski definition) is 3. The molecule has 0 fully saturated rings. The second-order valence-electron chi connectivity index (χ2n) is 6.91. The number of anilines is 1. The zero-order valence-corrected chi connectivity index (χ0v) is 17.2. The number of rotatable bonds is 8. The van der Waals surface area contributed by atoms with Crippen LogP contribution in [0.3, 0.4) is 0 Å². The number of nitrogens with one attached hydrogen (secondary N) is 1. The van der Waals surface area contributed by atoms with Crippen LogP contribution < -0.4 is 9.62 Å². The van der Waals surface area contributed by atoms with E-state index in [4.69, 9.17) is 0 Å². The Balaban J connectivity index is 1.95. The van der Waals surface area contributed by atoms with Crippen LogP contribution in [0, 0.1) is 13.8 Å². The molecule has 0 spiro atoms. The molecule has 6 heteroatoms. The van der Waals surface area contributed by atoms with Crippen molar-refractivity contribution in [3.05, 3.63) is 65.2 Å². The van der Waals surface area contributed by atoms with E-state index in [1.807, 2.05) is 63.2 Å². The first-order chi connectivity index (χ1) is 12.7. The van der Waals surface area contributed by atoms with E-state index in [2.05, 4.69) is 5.32 Å². The van der Waals surface area contributed by atoms with Crippen molar-refractivity contribution >= 4 is 21.6 Å². The Morgan fingerprint density at radius 3 is 2.33 bits per heavy atom. The number of amides is 1. The summed E-state index contributed by atoms with van der Waals surface area (Å²) in [6, 6.07) is 15.3. The minimum absolute atomic E-state index is 0.0792. The van der Waals surface area contributed by atoms with Crippen molar-refractivity contribution in [1.29, 1.82) is 0 Å². The standard InChI is InChI=1S/C21H28N2O3S/c1-16-12-13-20(15-17(16)2)23(27(4,25)26)14-8-11-21(24)22-18(3)19-9-6-5-7-10-19/h5-7,9-10,12-13,15,18H,8,11,14H2,1-4H3,(H,22,24)/t18-/m0/s1. The van der Waals surface area contributed by atoms with E-state index in [1.54, 1.807) is 6.07 Å². The Morgan fingerprint density at radius 2 is 1.74 bits per heavy atom. The molecule has 1 amide bonds. The lowest BCUT2D eigenvalue weighted by Crippen LogP contribution is -2.32. The summed E-state index contributed by atoms with van der Waals surface area (Å²) in [6.07, 6.45) is 1.92. The Bertz CT molecular complexity index is 880. The lowest BCUT2D eigenvalue weighted by atomic mass is 10.1. The highest BCUT2D eigenvalue weighted by molar-refractivity contribution is 7.92. The van der Waals surface area contributed by atoms with Crippen LogP contribution in [0.2, 0.25) is 0 Å². The molecule has 0 bridgehead atoms. The maximum absolute atomic E-state index is 12.2. The van der Waals surface area contributed by atoms with E-state index in [-0.39, 0.29) is 24.9 Å². The number of nitrogens with zero attached hydrogens (tertiary/aromatic N) is 1. The molecule has 0 saturated heterocycles. The van der Waals surface area contributed by atoms with E-state index in [9.17, 15) is 13.2 Å². The average Bonchev–Trinajstić information content (AvgIpc) is 2.61. The summed E-state index contributed by atoms with van der Waals surface area (Å²) >= 11 is 0. The summed E-state index contributed by atoms with van der Waals surface area (Å²) in [7, 11) is -3.41. The number of carbonyl (C=O) groups excluding carboxylic acids is 1. The molecule has 27 heavy (non-hydrogen) atoms. The summed E-state index contributed by atoms with van der Waals surface area (Å²) in [6.45, 7) is 6.15. The molecule has 146 valence electrons. The van der Waals surface area contributed by atoms with Crippen molar-refractivity contribution in [1.82, 2.24) is 5.32 Å². The van der Waals surface area contributed by atoms with E-state index in [0.717, 1.165) is 16.7 Å². The van der Waals surface area contributed by atoms with Crippen molar-refractivity contribution in [2.24, 2.45) is 0 Å². The van der Waals surface area contributed by atoms with Gasteiger partial charge >= 0.3 is 0 Å². The number of sulfonamides is 1. The molecule has 2 rings (SSSR count). The van der Waals surface area contributed by atoms with Crippen LogP contribution in [-0.4, -0.2) is 27.1 Å². The number of carbonyl (C=O) groups is 1. The number of aryl methyl sites for hydroxylation is 2. The zero-order chi connectivity index (χ0) is 20.0. The van der Waals surface area contributed by atoms with Crippen LogP contribution in [0.15, 0.2) is 48.5 Å². The molecule has 0 saturated carbocycles. The Morgan fingerprint density at radius 1 is 1.07 bits per heavy atom. The number of benzene rings is 2. The molecule has 0 aliphatic heterocycles. The van der Waals surface area contributed by atoms with Gasteiger partial charge in [0.2, 0.25) is 15.9 Å². The van der Waals surface area contributed by atoms with Gasteiger partial charge in [0.1, 0.15) is 0 Å². The molecule has 5 nitrogen and oxygen atoms in total. The molecule has 0 unspecified atom stereocenters. The minimum atomic E-state index is -3.41. The predicted octanol–water partition coefficient (Wildman–Crippen LogP) is 3.73. The van der Waals surface area contributed by atoms with Crippen LogP contribution in [0.25, 0.3) is 0 Å². The van der Waals surface area contributed by atoms with Crippen molar-refractivity contribution in [3.8, 4) is 0 Å². The topological polar surface area (TPSA) is 66.5 Å². The second-order valence-corrected chi connectivity index (χ2v) is 8.81. The molecule has 1 atom stereocenters. The monoisotopic (exact) mass is 388 g/mol. The highest BCUT2D eigenvalue weighted by Crippen LogP contribution is 2.22. The lowest BCUT2D eigenvalue weighted by Gasteiger charge is -2.23. The average molecular weight is 389 g/mol. The van der Waals surface area contributed by atoms with E-state index < -0.39 is 10.0 Å². The number of hydrogen-bond donors (Lipinski definition) is 1. The Hall–Kier alpha value is -2.34. The normalized spacial score (nSPS) is 12.4. The van der Waals surface area contributed by atoms with Gasteiger partial charge in [-0.25, -0.2) is 8.42 Å². The summed E-state index contributed by atoms with van der Waals surface area (Å²) in [5.41, 5.74) is 3.83. The summed E-state index contributed by atoms with van der Waals surface area (Å²) in [5, 5.41) is 2.96. The smallest absolute Gasteiger partial charge is 0.232 e. The van der Waals surface area contributed by atoms with Gasteiger partial charge in [-0.3, -0.25) is 9.10 Å². The van der Waals surface area contributed by atoms with E-state index >= 15 is 0 Å². The molecular formula is C21H28N2O3S. The van der Waals surface area contributed by atoms with Gasteiger partial charge in [0.25, 0.3) is 0 Å². The molecule has 2 aromatic rings. The SMILES string of the molecule is Cc1ccc(N(CCCC(=O)N[C@@H](C)c2ccccc2)S(C)(=O)=O)cc1C. The van der Waals surface area contributed by atoms with Crippen molar-refractivity contribution < 1.29 is 13.2 Å². The molecule has 0 aliphatic carbocycles. The third-order valence-electron chi connectivity index (χ3n) is 4.62. The molecule has 0 radical (unpaired) electrons. The van der Waals surface area contributed by atoms with Crippen LogP contribution >= 0.6 is 0 Å².